The van der Waals surface area contributed by atoms with Crippen LogP contribution >= 0.6 is 11.6 Å². The molecule has 0 aliphatic carbocycles. The molecule has 0 radical (unpaired) electrons. The van der Waals surface area contributed by atoms with Gasteiger partial charge >= 0.3 is 0 Å². The second-order valence-electron chi connectivity index (χ2n) is 5.18. The van der Waals surface area contributed by atoms with Gasteiger partial charge in [0.2, 0.25) is 0 Å². The molecule has 0 saturated carbocycles. The number of anilines is 2. The van der Waals surface area contributed by atoms with Crippen molar-refractivity contribution in [2.24, 2.45) is 0 Å². The van der Waals surface area contributed by atoms with E-state index < -0.39 is 5.82 Å². The topological polar surface area (TPSA) is 66.9 Å². The molecule has 0 unspecified atom stereocenters. The van der Waals surface area contributed by atoms with Crippen molar-refractivity contribution >= 4 is 29.0 Å². The van der Waals surface area contributed by atoms with Gasteiger partial charge in [-0.25, -0.2) is 4.39 Å². The Morgan fingerprint density at radius 1 is 1.00 bits per heavy atom. The number of benzene rings is 2. The van der Waals surface area contributed by atoms with Crippen LogP contribution in [-0.4, -0.2) is 16.1 Å². The zero-order chi connectivity index (χ0) is 17.6. The minimum absolute atomic E-state index is 0.158. The number of carbonyl (C=O) groups excluding carboxylic acids is 1. The first-order chi connectivity index (χ1) is 12.1. The van der Waals surface area contributed by atoms with Crippen LogP contribution in [0.2, 0.25) is 5.02 Å². The fourth-order valence-corrected chi connectivity index (χ4v) is 2.33. The van der Waals surface area contributed by atoms with Crippen molar-refractivity contribution in [3.63, 3.8) is 0 Å². The van der Waals surface area contributed by atoms with E-state index in [1.165, 1.54) is 12.1 Å². The molecular formula is C18H14ClFN4O. The third kappa shape index (κ3) is 4.30. The number of amides is 1. The molecule has 3 aromatic rings. The Bertz CT molecular complexity index is 886. The van der Waals surface area contributed by atoms with Crippen LogP contribution in [-0.2, 0) is 6.54 Å². The third-order valence-corrected chi connectivity index (χ3v) is 3.80. The molecule has 0 aliphatic rings. The highest BCUT2D eigenvalue weighted by molar-refractivity contribution is 6.31. The summed E-state index contributed by atoms with van der Waals surface area (Å²) in [5.41, 5.74) is 1.25. The van der Waals surface area contributed by atoms with E-state index in [-0.39, 0.29) is 23.8 Å². The second kappa shape index (κ2) is 7.72. The largest absolute Gasteiger partial charge is 0.347 e. The smallest absolute Gasteiger partial charge is 0.272 e. The minimum atomic E-state index is -0.397. The molecule has 5 nitrogen and oxygen atoms in total. The normalized spacial score (nSPS) is 10.3. The summed E-state index contributed by atoms with van der Waals surface area (Å²) in [6.07, 6.45) is 0. The lowest BCUT2D eigenvalue weighted by Gasteiger charge is -2.08. The summed E-state index contributed by atoms with van der Waals surface area (Å²) in [7, 11) is 0. The summed E-state index contributed by atoms with van der Waals surface area (Å²) in [6, 6.07) is 16.5. The Morgan fingerprint density at radius 2 is 1.76 bits per heavy atom. The summed E-state index contributed by atoms with van der Waals surface area (Å²) in [4.78, 5) is 12.1. The quantitative estimate of drug-likeness (QED) is 0.726. The highest BCUT2D eigenvalue weighted by Gasteiger charge is 2.09. The molecule has 0 fully saturated rings. The Kier molecular flexibility index (Phi) is 5.20. The van der Waals surface area contributed by atoms with E-state index in [4.69, 9.17) is 11.6 Å². The lowest BCUT2D eigenvalue weighted by Crippen LogP contribution is -2.24. The van der Waals surface area contributed by atoms with Crippen LogP contribution in [0.3, 0.4) is 0 Å². The highest BCUT2D eigenvalue weighted by atomic mass is 35.5. The van der Waals surface area contributed by atoms with Crippen molar-refractivity contribution in [3.05, 3.63) is 82.8 Å². The average Bonchev–Trinajstić information content (AvgIpc) is 2.63. The monoisotopic (exact) mass is 356 g/mol. The molecule has 1 heterocycles. The van der Waals surface area contributed by atoms with Gasteiger partial charge in [-0.05, 0) is 35.9 Å². The first-order valence-electron chi connectivity index (χ1n) is 7.50. The number of nitrogens with zero attached hydrogens (tertiary/aromatic N) is 2. The summed E-state index contributed by atoms with van der Waals surface area (Å²) in [5.74, 6) is -0.427. The van der Waals surface area contributed by atoms with Gasteiger partial charge in [-0.2, -0.15) is 0 Å². The van der Waals surface area contributed by atoms with Crippen LogP contribution in [0.25, 0.3) is 0 Å². The second-order valence-corrected chi connectivity index (χ2v) is 5.59. The molecule has 0 aliphatic heterocycles. The van der Waals surface area contributed by atoms with Gasteiger partial charge in [0.05, 0.1) is 5.69 Å². The van der Waals surface area contributed by atoms with Gasteiger partial charge in [0.15, 0.2) is 11.5 Å². The molecule has 0 spiro atoms. The number of carbonyl (C=O) groups is 1. The number of nitrogens with one attached hydrogen (secondary N) is 2. The number of hydrogen-bond acceptors (Lipinski definition) is 4. The Hall–Kier alpha value is -2.99. The van der Waals surface area contributed by atoms with Gasteiger partial charge in [0.1, 0.15) is 5.82 Å². The predicted octanol–water partition coefficient (Wildman–Crippen LogP) is 3.94. The molecule has 7 heteroatoms. The van der Waals surface area contributed by atoms with E-state index in [1.54, 1.807) is 30.3 Å². The van der Waals surface area contributed by atoms with Crippen LogP contribution in [0.4, 0.5) is 15.9 Å². The van der Waals surface area contributed by atoms with E-state index >= 15 is 0 Å². The maximum Gasteiger partial charge on any atom is 0.272 e. The van der Waals surface area contributed by atoms with Crippen molar-refractivity contribution in [2.75, 3.05) is 5.32 Å². The Balaban J connectivity index is 1.63. The van der Waals surface area contributed by atoms with Gasteiger partial charge in [-0.15, -0.1) is 10.2 Å². The SMILES string of the molecule is O=C(NCc1ccccc1Cl)c1ccc(Nc2ccccc2F)nn1. The van der Waals surface area contributed by atoms with Crippen LogP contribution in [0.15, 0.2) is 60.7 Å². The molecule has 2 aromatic carbocycles. The van der Waals surface area contributed by atoms with E-state index in [2.05, 4.69) is 20.8 Å². The molecule has 1 amide bonds. The van der Waals surface area contributed by atoms with Gasteiger partial charge in [0.25, 0.3) is 5.91 Å². The van der Waals surface area contributed by atoms with Gasteiger partial charge in [-0.1, -0.05) is 41.9 Å². The lowest BCUT2D eigenvalue weighted by molar-refractivity contribution is 0.0945. The summed E-state index contributed by atoms with van der Waals surface area (Å²) < 4.78 is 13.6. The van der Waals surface area contributed by atoms with Crippen LogP contribution < -0.4 is 10.6 Å². The average molecular weight is 357 g/mol. The first-order valence-corrected chi connectivity index (χ1v) is 7.88. The van der Waals surface area contributed by atoms with E-state index in [1.807, 2.05) is 18.2 Å². The van der Waals surface area contributed by atoms with Crippen molar-refractivity contribution in [1.82, 2.24) is 15.5 Å². The van der Waals surface area contributed by atoms with E-state index in [0.717, 1.165) is 5.56 Å². The van der Waals surface area contributed by atoms with Gasteiger partial charge in [0, 0.05) is 11.6 Å². The minimum Gasteiger partial charge on any atom is -0.347 e. The summed E-state index contributed by atoms with van der Waals surface area (Å²) in [5, 5.41) is 13.9. The fraction of sp³-hybridized carbons (Fsp3) is 0.0556. The maximum atomic E-state index is 13.6. The van der Waals surface area contributed by atoms with Crippen molar-refractivity contribution in [3.8, 4) is 0 Å². The first kappa shape index (κ1) is 16.9. The number of halogens is 2. The van der Waals surface area contributed by atoms with E-state index in [0.29, 0.717) is 10.8 Å². The number of para-hydroxylation sites is 1. The highest BCUT2D eigenvalue weighted by Crippen LogP contribution is 2.17. The van der Waals surface area contributed by atoms with E-state index in [9.17, 15) is 9.18 Å². The third-order valence-electron chi connectivity index (χ3n) is 3.43. The number of rotatable bonds is 5. The molecule has 126 valence electrons. The van der Waals surface area contributed by atoms with Gasteiger partial charge in [-0.3, -0.25) is 4.79 Å². The zero-order valence-electron chi connectivity index (χ0n) is 13.0. The van der Waals surface area contributed by atoms with Crippen LogP contribution in [0.5, 0.6) is 0 Å². The molecule has 0 atom stereocenters. The zero-order valence-corrected chi connectivity index (χ0v) is 13.8. The van der Waals surface area contributed by atoms with Crippen molar-refractivity contribution in [2.45, 2.75) is 6.54 Å². The van der Waals surface area contributed by atoms with Crippen molar-refractivity contribution in [1.29, 1.82) is 0 Å². The Labute approximate surface area is 148 Å². The molecule has 0 saturated heterocycles. The molecule has 25 heavy (non-hydrogen) atoms. The molecule has 1 aromatic heterocycles. The fourth-order valence-electron chi connectivity index (χ4n) is 2.13. The van der Waals surface area contributed by atoms with Crippen LogP contribution in [0, 0.1) is 5.82 Å². The molecule has 0 bridgehead atoms. The summed E-state index contributed by atoms with van der Waals surface area (Å²) >= 11 is 6.05. The van der Waals surface area contributed by atoms with Gasteiger partial charge < -0.3 is 10.6 Å². The molecule has 3 rings (SSSR count). The number of hydrogen-bond donors (Lipinski definition) is 2. The number of aromatic nitrogens is 2. The standard InChI is InChI=1S/C18H14ClFN4O/c19-13-6-2-1-5-12(13)11-21-18(25)16-9-10-17(24-23-16)22-15-8-4-3-7-14(15)20/h1-10H,11H2,(H,21,25)(H,22,24). The maximum absolute atomic E-state index is 13.6. The predicted molar refractivity (Wildman–Crippen MR) is 94.3 cm³/mol. The molecular weight excluding hydrogens is 343 g/mol. The lowest BCUT2D eigenvalue weighted by atomic mass is 10.2. The van der Waals surface area contributed by atoms with Crippen LogP contribution in [0.1, 0.15) is 16.1 Å². The summed E-state index contributed by atoms with van der Waals surface area (Å²) in [6.45, 7) is 0.287. The molecule has 2 N–H and O–H groups in total. The Morgan fingerprint density at radius 3 is 2.48 bits per heavy atom. The van der Waals surface area contributed by atoms with Crippen molar-refractivity contribution < 1.29 is 9.18 Å².